The minimum absolute atomic E-state index is 0.000284. The average Bonchev–Trinajstić information content (AvgIpc) is 3.42. The molecule has 4 heteroatoms. The lowest BCUT2D eigenvalue weighted by Crippen LogP contribution is -2.38. The number of ether oxygens (including phenoxy) is 3. The maximum Gasteiger partial charge on any atom is 0.309 e. The van der Waals surface area contributed by atoms with E-state index in [4.69, 9.17) is 14.2 Å². The predicted molar refractivity (Wildman–Crippen MR) is 90.5 cm³/mol. The zero-order valence-electron chi connectivity index (χ0n) is 15.3. The molecule has 2 aliphatic carbocycles. The Kier molecular flexibility index (Phi) is 4.41. The van der Waals surface area contributed by atoms with Crippen molar-refractivity contribution in [2.75, 3.05) is 6.61 Å². The van der Waals surface area contributed by atoms with Crippen molar-refractivity contribution in [3.63, 3.8) is 0 Å². The van der Waals surface area contributed by atoms with Gasteiger partial charge in [-0.1, -0.05) is 27.2 Å². The number of hydrogen-bond acceptors (Lipinski definition) is 4. The third kappa shape index (κ3) is 3.12. The zero-order valence-corrected chi connectivity index (χ0v) is 15.3. The lowest BCUT2D eigenvalue weighted by atomic mass is 9.68. The first-order chi connectivity index (χ1) is 11.5. The van der Waals surface area contributed by atoms with Crippen LogP contribution >= 0.6 is 0 Å². The fourth-order valence-corrected chi connectivity index (χ4v) is 5.27. The van der Waals surface area contributed by atoms with Crippen LogP contribution in [-0.2, 0) is 19.0 Å². The van der Waals surface area contributed by atoms with E-state index < -0.39 is 0 Å². The van der Waals surface area contributed by atoms with Crippen LogP contribution in [0.5, 0.6) is 0 Å². The molecule has 0 aromatic heterocycles. The fraction of sp³-hybridized carbons (Fsp3) is 0.950. The van der Waals surface area contributed by atoms with Crippen LogP contribution in [-0.4, -0.2) is 36.5 Å². The average molecular weight is 336 g/mol. The van der Waals surface area contributed by atoms with Gasteiger partial charge in [0.2, 0.25) is 0 Å². The fourth-order valence-electron chi connectivity index (χ4n) is 5.27. The van der Waals surface area contributed by atoms with Gasteiger partial charge >= 0.3 is 5.97 Å². The molecule has 2 heterocycles. The molecule has 0 aromatic rings. The summed E-state index contributed by atoms with van der Waals surface area (Å²) >= 11 is 0. The van der Waals surface area contributed by atoms with Gasteiger partial charge in [0.25, 0.3) is 0 Å². The number of rotatable bonds is 6. The molecule has 0 aromatic carbocycles. The van der Waals surface area contributed by atoms with Crippen molar-refractivity contribution in [3.05, 3.63) is 0 Å². The molecule has 2 saturated carbocycles. The van der Waals surface area contributed by atoms with E-state index >= 15 is 0 Å². The molecule has 2 saturated heterocycles. The third-order valence-electron chi connectivity index (χ3n) is 7.01. The van der Waals surface area contributed by atoms with Gasteiger partial charge in [0.05, 0.1) is 36.4 Å². The van der Waals surface area contributed by atoms with Gasteiger partial charge in [-0.25, -0.2) is 0 Å². The smallest absolute Gasteiger partial charge is 0.309 e. The summed E-state index contributed by atoms with van der Waals surface area (Å²) in [6.45, 7) is 7.26. The second-order valence-electron chi connectivity index (χ2n) is 8.84. The molecule has 136 valence electrons. The van der Waals surface area contributed by atoms with Crippen molar-refractivity contribution >= 4 is 5.97 Å². The molecule has 8 atom stereocenters. The summed E-state index contributed by atoms with van der Waals surface area (Å²) in [6, 6.07) is 0. The Morgan fingerprint density at radius 3 is 2.75 bits per heavy atom. The number of epoxide rings is 2. The first-order valence-electron chi connectivity index (χ1n) is 10.0. The Labute approximate surface area is 145 Å². The van der Waals surface area contributed by atoms with Crippen molar-refractivity contribution < 1.29 is 19.0 Å². The summed E-state index contributed by atoms with van der Waals surface area (Å²) in [5.41, 5.74) is 0.0558. The standard InChI is InChI=1S/C20H32O4/c1-4-5-6-22-19(21)15-9-18-20(24-18,10-13(15)3)11-14-8-17-16(23-17)7-12(14)2/h12-18H,4-11H2,1-3H3. The van der Waals surface area contributed by atoms with E-state index in [1.165, 1.54) is 12.8 Å². The number of hydrogen-bond donors (Lipinski definition) is 0. The Morgan fingerprint density at radius 1 is 1.17 bits per heavy atom. The van der Waals surface area contributed by atoms with E-state index in [-0.39, 0.29) is 23.6 Å². The Hall–Kier alpha value is -0.610. The first-order valence-corrected chi connectivity index (χ1v) is 10.0. The Balaban J connectivity index is 1.31. The zero-order chi connectivity index (χ0) is 16.9. The van der Waals surface area contributed by atoms with E-state index in [9.17, 15) is 4.79 Å². The van der Waals surface area contributed by atoms with Crippen LogP contribution < -0.4 is 0 Å². The minimum Gasteiger partial charge on any atom is -0.465 e. The maximum absolute atomic E-state index is 12.3. The molecule has 24 heavy (non-hydrogen) atoms. The molecule has 0 spiro atoms. The minimum atomic E-state index is 0.000284. The van der Waals surface area contributed by atoms with Crippen LogP contribution in [0.4, 0.5) is 0 Å². The van der Waals surface area contributed by atoms with Crippen LogP contribution in [0, 0.1) is 23.7 Å². The third-order valence-corrected chi connectivity index (χ3v) is 7.01. The van der Waals surface area contributed by atoms with Crippen LogP contribution in [0.3, 0.4) is 0 Å². The molecular formula is C20H32O4. The number of carbonyl (C=O) groups excluding carboxylic acids is 1. The Morgan fingerprint density at radius 2 is 1.96 bits per heavy atom. The van der Waals surface area contributed by atoms with E-state index in [2.05, 4.69) is 20.8 Å². The van der Waals surface area contributed by atoms with E-state index in [1.54, 1.807) is 0 Å². The molecule has 2 aliphatic heterocycles. The van der Waals surface area contributed by atoms with E-state index in [0.717, 1.165) is 43.9 Å². The van der Waals surface area contributed by atoms with Crippen molar-refractivity contribution in [2.24, 2.45) is 23.7 Å². The SMILES string of the molecule is CCCCOC(=O)C1CC2OC2(CC2CC3OC3CC2C)CC1C. The number of esters is 1. The van der Waals surface area contributed by atoms with Gasteiger partial charge in [-0.05, 0) is 56.3 Å². The van der Waals surface area contributed by atoms with Crippen LogP contribution in [0.1, 0.15) is 65.7 Å². The van der Waals surface area contributed by atoms with E-state index in [0.29, 0.717) is 24.7 Å². The number of unbranched alkanes of at least 4 members (excludes halogenated alkanes) is 1. The summed E-state index contributed by atoms with van der Waals surface area (Å²) in [4.78, 5) is 12.3. The highest BCUT2D eigenvalue weighted by atomic mass is 16.6. The second kappa shape index (κ2) is 6.28. The molecule has 0 N–H and O–H groups in total. The maximum atomic E-state index is 12.3. The largest absolute Gasteiger partial charge is 0.465 e. The van der Waals surface area contributed by atoms with Gasteiger partial charge < -0.3 is 14.2 Å². The van der Waals surface area contributed by atoms with E-state index in [1.807, 2.05) is 0 Å². The van der Waals surface area contributed by atoms with Gasteiger partial charge in [0.15, 0.2) is 0 Å². The highest BCUT2D eigenvalue weighted by Gasteiger charge is 2.63. The molecule has 4 aliphatic rings. The van der Waals surface area contributed by atoms with Crippen molar-refractivity contribution in [1.82, 2.24) is 0 Å². The quantitative estimate of drug-likeness (QED) is 0.421. The van der Waals surface area contributed by atoms with Gasteiger partial charge in [-0.2, -0.15) is 0 Å². The highest BCUT2D eigenvalue weighted by molar-refractivity contribution is 5.73. The topological polar surface area (TPSA) is 51.4 Å². The van der Waals surface area contributed by atoms with Crippen molar-refractivity contribution in [3.8, 4) is 0 Å². The van der Waals surface area contributed by atoms with Crippen LogP contribution in [0.25, 0.3) is 0 Å². The lowest BCUT2D eigenvalue weighted by molar-refractivity contribution is -0.151. The van der Waals surface area contributed by atoms with Gasteiger partial charge in [-0.3, -0.25) is 4.79 Å². The first kappa shape index (κ1) is 16.8. The van der Waals surface area contributed by atoms with Gasteiger partial charge in [0.1, 0.15) is 0 Å². The highest BCUT2D eigenvalue weighted by Crippen LogP contribution is 2.57. The van der Waals surface area contributed by atoms with Crippen LogP contribution in [0.2, 0.25) is 0 Å². The second-order valence-corrected chi connectivity index (χ2v) is 8.84. The molecule has 0 bridgehead atoms. The molecule has 4 nitrogen and oxygen atoms in total. The normalized spacial score (nSPS) is 49.0. The van der Waals surface area contributed by atoms with Crippen LogP contribution in [0.15, 0.2) is 0 Å². The summed E-state index contributed by atoms with van der Waals surface area (Å²) in [6.07, 6.45) is 8.85. The summed E-state index contributed by atoms with van der Waals surface area (Å²) in [7, 11) is 0. The summed E-state index contributed by atoms with van der Waals surface area (Å²) in [5.74, 6) is 1.85. The van der Waals surface area contributed by atoms with Crippen molar-refractivity contribution in [1.29, 1.82) is 0 Å². The van der Waals surface area contributed by atoms with Gasteiger partial charge in [0, 0.05) is 0 Å². The molecule has 0 amide bonds. The molecule has 4 rings (SSSR count). The molecule has 4 fully saturated rings. The summed E-state index contributed by atoms with van der Waals surface area (Å²) in [5, 5.41) is 0. The number of fused-ring (bicyclic) bond motifs is 2. The van der Waals surface area contributed by atoms with Gasteiger partial charge in [-0.15, -0.1) is 0 Å². The number of carbonyl (C=O) groups is 1. The predicted octanol–water partition coefficient (Wildman–Crippen LogP) is 3.72. The lowest BCUT2D eigenvalue weighted by Gasteiger charge is -2.34. The molecule has 8 unspecified atom stereocenters. The summed E-state index contributed by atoms with van der Waals surface area (Å²) < 4.78 is 17.4. The molecular weight excluding hydrogens is 304 g/mol. The monoisotopic (exact) mass is 336 g/mol. The molecule has 0 radical (unpaired) electrons. The Bertz CT molecular complexity index is 492. The van der Waals surface area contributed by atoms with Crippen molar-refractivity contribution in [2.45, 2.75) is 89.6 Å².